The van der Waals surface area contributed by atoms with E-state index in [2.05, 4.69) is 5.32 Å². The molecule has 2 rings (SSSR count). The van der Waals surface area contributed by atoms with Crippen molar-refractivity contribution in [3.05, 3.63) is 33.8 Å². The lowest BCUT2D eigenvalue weighted by Crippen LogP contribution is -2.25. The number of nitrogens with one attached hydrogen (secondary N) is 1. The van der Waals surface area contributed by atoms with Crippen LogP contribution in [0.4, 0.5) is 0 Å². The van der Waals surface area contributed by atoms with Crippen molar-refractivity contribution in [1.29, 1.82) is 0 Å². The third kappa shape index (κ3) is 2.86. The van der Waals surface area contributed by atoms with Crippen LogP contribution in [0.2, 0.25) is 10.0 Å². The number of rotatable bonds is 3. The predicted molar refractivity (Wildman–Crippen MR) is 61.5 cm³/mol. The van der Waals surface area contributed by atoms with Gasteiger partial charge in [-0.15, -0.1) is 0 Å². The van der Waals surface area contributed by atoms with Gasteiger partial charge in [0.2, 0.25) is 0 Å². The maximum Gasteiger partial charge on any atom is 0.252 e. The van der Waals surface area contributed by atoms with Crippen molar-refractivity contribution >= 4 is 29.1 Å². The molecule has 0 heterocycles. The zero-order chi connectivity index (χ0) is 10.8. The molecule has 1 N–H and O–H groups in total. The van der Waals surface area contributed by atoms with Crippen LogP contribution < -0.4 is 5.32 Å². The molecule has 80 valence electrons. The number of hydrogen-bond donors (Lipinski definition) is 1. The van der Waals surface area contributed by atoms with Crippen LogP contribution in [0.25, 0.3) is 0 Å². The summed E-state index contributed by atoms with van der Waals surface area (Å²) in [4.78, 5) is 11.7. The number of carbonyl (C=O) groups excluding carboxylic acids is 1. The molecule has 0 spiro atoms. The van der Waals surface area contributed by atoms with E-state index in [0.29, 0.717) is 21.5 Å². The average Bonchev–Trinajstić information content (AvgIpc) is 3.02. The van der Waals surface area contributed by atoms with Gasteiger partial charge in [-0.05, 0) is 37.0 Å². The molecule has 1 amide bonds. The summed E-state index contributed by atoms with van der Waals surface area (Å²) in [6.45, 7) is 0.738. The maximum atomic E-state index is 11.7. The van der Waals surface area contributed by atoms with Gasteiger partial charge < -0.3 is 5.32 Å². The van der Waals surface area contributed by atoms with Crippen molar-refractivity contribution in [3.8, 4) is 0 Å². The Hall–Kier alpha value is -0.730. The van der Waals surface area contributed by atoms with Crippen LogP contribution >= 0.6 is 23.2 Å². The Balaban J connectivity index is 2.05. The number of carbonyl (C=O) groups is 1. The summed E-state index contributed by atoms with van der Waals surface area (Å²) in [5.41, 5.74) is 0.449. The third-order valence-corrected chi connectivity index (χ3v) is 2.99. The summed E-state index contributed by atoms with van der Waals surface area (Å²) in [7, 11) is 0. The molecule has 1 aliphatic rings. The van der Waals surface area contributed by atoms with Crippen LogP contribution in [0.5, 0.6) is 0 Å². The van der Waals surface area contributed by atoms with E-state index in [1.807, 2.05) is 0 Å². The zero-order valence-corrected chi connectivity index (χ0v) is 9.61. The van der Waals surface area contributed by atoms with E-state index in [9.17, 15) is 4.79 Å². The molecular weight excluding hydrogens is 233 g/mol. The van der Waals surface area contributed by atoms with Gasteiger partial charge in [0.1, 0.15) is 0 Å². The van der Waals surface area contributed by atoms with E-state index in [0.717, 1.165) is 6.54 Å². The normalized spacial score (nSPS) is 15.1. The summed E-state index contributed by atoms with van der Waals surface area (Å²) < 4.78 is 0. The van der Waals surface area contributed by atoms with Crippen LogP contribution in [0.1, 0.15) is 23.2 Å². The third-order valence-electron chi connectivity index (χ3n) is 2.42. The van der Waals surface area contributed by atoms with Gasteiger partial charge in [0.05, 0.1) is 10.6 Å². The number of halogens is 2. The van der Waals surface area contributed by atoms with Crippen LogP contribution in [0.15, 0.2) is 18.2 Å². The van der Waals surface area contributed by atoms with E-state index in [1.54, 1.807) is 18.2 Å². The fraction of sp³-hybridized carbons (Fsp3) is 0.364. The van der Waals surface area contributed by atoms with Gasteiger partial charge in [0.25, 0.3) is 5.91 Å². The quantitative estimate of drug-likeness (QED) is 0.869. The molecule has 15 heavy (non-hydrogen) atoms. The van der Waals surface area contributed by atoms with Crippen molar-refractivity contribution in [2.24, 2.45) is 5.92 Å². The highest BCUT2D eigenvalue weighted by molar-refractivity contribution is 6.35. The minimum absolute atomic E-state index is 0.144. The minimum atomic E-state index is -0.144. The second-order valence-electron chi connectivity index (χ2n) is 3.78. The molecule has 0 radical (unpaired) electrons. The van der Waals surface area contributed by atoms with Crippen LogP contribution in [-0.4, -0.2) is 12.5 Å². The van der Waals surface area contributed by atoms with Crippen molar-refractivity contribution < 1.29 is 4.79 Å². The van der Waals surface area contributed by atoms with E-state index in [1.165, 1.54) is 12.8 Å². The Kier molecular flexibility index (Phi) is 3.17. The Morgan fingerprint density at radius 3 is 2.80 bits per heavy atom. The summed E-state index contributed by atoms with van der Waals surface area (Å²) in [5.74, 6) is 0.515. The van der Waals surface area contributed by atoms with Gasteiger partial charge in [-0.1, -0.05) is 23.2 Å². The molecule has 4 heteroatoms. The fourth-order valence-electron chi connectivity index (χ4n) is 1.33. The van der Waals surface area contributed by atoms with Crippen molar-refractivity contribution in [1.82, 2.24) is 5.32 Å². The molecule has 0 aromatic heterocycles. The number of benzene rings is 1. The van der Waals surface area contributed by atoms with Gasteiger partial charge in [-0.25, -0.2) is 0 Å². The lowest BCUT2D eigenvalue weighted by atomic mass is 10.2. The smallest absolute Gasteiger partial charge is 0.252 e. The first-order chi connectivity index (χ1) is 7.16. The molecule has 0 bridgehead atoms. The SMILES string of the molecule is O=C(NCC1CC1)c1cc(Cl)ccc1Cl. The Labute approximate surface area is 98.6 Å². The first-order valence-electron chi connectivity index (χ1n) is 4.90. The van der Waals surface area contributed by atoms with Gasteiger partial charge in [0, 0.05) is 11.6 Å². The first-order valence-corrected chi connectivity index (χ1v) is 5.65. The molecule has 0 atom stereocenters. The summed E-state index contributed by atoms with van der Waals surface area (Å²) in [6, 6.07) is 4.89. The molecule has 0 aliphatic heterocycles. The van der Waals surface area contributed by atoms with Crippen LogP contribution in [-0.2, 0) is 0 Å². The molecular formula is C11H11Cl2NO. The number of hydrogen-bond acceptors (Lipinski definition) is 1. The zero-order valence-electron chi connectivity index (χ0n) is 8.09. The van der Waals surface area contributed by atoms with Crippen LogP contribution in [0.3, 0.4) is 0 Å². The molecule has 1 aromatic carbocycles. The van der Waals surface area contributed by atoms with Crippen molar-refractivity contribution in [3.63, 3.8) is 0 Å². The summed E-state index contributed by atoms with van der Waals surface area (Å²) in [6.07, 6.45) is 2.42. The predicted octanol–water partition coefficient (Wildman–Crippen LogP) is 3.13. The van der Waals surface area contributed by atoms with E-state index in [-0.39, 0.29) is 5.91 Å². The number of amides is 1. The van der Waals surface area contributed by atoms with Crippen molar-refractivity contribution in [2.45, 2.75) is 12.8 Å². The molecule has 1 aliphatic carbocycles. The molecule has 1 fully saturated rings. The maximum absolute atomic E-state index is 11.7. The molecule has 2 nitrogen and oxygen atoms in total. The topological polar surface area (TPSA) is 29.1 Å². The lowest BCUT2D eigenvalue weighted by Gasteiger charge is -2.06. The molecule has 1 saturated carbocycles. The van der Waals surface area contributed by atoms with Gasteiger partial charge in [-0.2, -0.15) is 0 Å². The van der Waals surface area contributed by atoms with E-state index < -0.39 is 0 Å². The minimum Gasteiger partial charge on any atom is -0.352 e. The second kappa shape index (κ2) is 4.42. The van der Waals surface area contributed by atoms with Gasteiger partial charge in [-0.3, -0.25) is 4.79 Å². The van der Waals surface area contributed by atoms with Crippen molar-refractivity contribution in [2.75, 3.05) is 6.54 Å². The van der Waals surface area contributed by atoms with Crippen LogP contribution in [0, 0.1) is 5.92 Å². The van der Waals surface area contributed by atoms with E-state index >= 15 is 0 Å². The molecule has 0 unspecified atom stereocenters. The highest BCUT2D eigenvalue weighted by Gasteiger charge is 2.22. The molecule has 0 saturated heterocycles. The lowest BCUT2D eigenvalue weighted by molar-refractivity contribution is 0.0952. The second-order valence-corrected chi connectivity index (χ2v) is 4.62. The largest absolute Gasteiger partial charge is 0.352 e. The monoisotopic (exact) mass is 243 g/mol. The average molecular weight is 244 g/mol. The standard InChI is InChI=1S/C11H11Cl2NO/c12-8-3-4-10(13)9(5-8)11(15)14-6-7-1-2-7/h3-5,7H,1-2,6H2,(H,14,15). The summed E-state index contributed by atoms with van der Waals surface area (Å²) in [5, 5.41) is 3.81. The van der Waals surface area contributed by atoms with Gasteiger partial charge >= 0.3 is 0 Å². The Morgan fingerprint density at radius 1 is 1.40 bits per heavy atom. The fourth-order valence-corrected chi connectivity index (χ4v) is 1.70. The first kappa shape index (κ1) is 10.8. The Morgan fingerprint density at radius 2 is 2.13 bits per heavy atom. The highest BCUT2D eigenvalue weighted by Crippen LogP contribution is 2.28. The summed E-state index contributed by atoms with van der Waals surface area (Å²) >= 11 is 11.7. The van der Waals surface area contributed by atoms with Gasteiger partial charge in [0.15, 0.2) is 0 Å². The Bertz CT molecular complexity index is 388. The highest BCUT2D eigenvalue weighted by atomic mass is 35.5. The molecule has 1 aromatic rings. The van der Waals surface area contributed by atoms with E-state index in [4.69, 9.17) is 23.2 Å².